The molecule has 0 saturated carbocycles. The summed E-state index contributed by atoms with van der Waals surface area (Å²) in [5, 5.41) is 20.6. The van der Waals surface area contributed by atoms with E-state index in [0.29, 0.717) is 0 Å². The van der Waals surface area contributed by atoms with E-state index >= 15 is 0 Å². The van der Waals surface area contributed by atoms with Crippen LogP contribution in [0.2, 0.25) is 0 Å². The largest absolute Gasteiger partial charge is 0.393 e. The van der Waals surface area contributed by atoms with Gasteiger partial charge in [-0.25, -0.2) is 0 Å². The van der Waals surface area contributed by atoms with Gasteiger partial charge in [-0.2, -0.15) is 0 Å². The number of nitrogens with two attached hydrogens (primary N) is 2. The first kappa shape index (κ1) is 13.3. The number of rotatable bonds is 7. The Hall–Kier alpha value is -1.67. The first-order valence-electron chi connectivity index (χ1n) is 4.12. The maximum absolute atomic E-state index is 11.0. The maximum atomic E-state index is 11.0. The fraction of sp³-hybridized carbons (Fsp3) is 0.571. The van der Waals surface area contributed by atoms with Crippen LogP contribution in [0.5, 0.6) is 0 Å². The number of hydrogen-bond acceptors (Lipinski definition) is 6. The molecule has 0 rings (SSSR count). The molecule has 0 fully saturated rings. The lowest BCUT2D eigenvalue weighted by atomic mass is 10.1. The van der Waals surface area contributed by atoms with E-state index in [1.54, 1.807) is 0 Å². The number of hydrazone groups is 1. The summed E-state index contributed by atoms with van der Waals surface area (Å²) in [6.07, 6.45) is -1.99. The smallest absolute Gasteiger partial charge is 0.208 e. The molecule has 1 unspecified atom stereocenters. The van der Waals surface area contributed by atoms with Crippen molar-refractivity contribution in [1.29, 1.82) is 0 Å². The van der Waals surface area contributed by atoms with Gasteiger partial charge >= 0.3 is 0 Å². The molecule has 0 bridgehead atoms. The topological polar surface area (TPSA) is 151 Å². The summed E-state index contributed by atoms with van der Waals surface area (Å²) in [7, 11) is 0. The third-order valence-corrected chi connectivity index (χ3v) is 1.40. The van der Waals surface area contributed by atoms with Gasteiger partial charge in [-0.05, 0) is 0 Å². The van der Waals surface area contributed by atoms with Crippen molar-refractivity contribution in [2.75, 3.05) is 13.2 Å². The Kier molecular flexibility index (Phi) is 5.99. The van der Waals surface area contributed by atoms with Crippen molar-refractivity contribution in [1.82, 2.24) is 5.43 Å². The zero-order valence-corrected chi connectivity index (χ0v) is 8.01. The third kappa shape index (κ3) is 6.41. The van der Waals surface area contributed by atoms with Gasteiger partial charge in [0.25, 0.3) is 0 Å². The second-order valence-corrected chi connectivity index (χ2v) is 2.75. The molecule has 0 saturated heterocycles. The molecular formula is C7H14N4O4. The Labute approximate surface area is 85.9 Å². The molecule has 0 aromatic carbocycles. The molecule has 15 heavy (non-hydrogen) atoms. The minimum Gasteiger partial charge on any atom is -0.393 e. The molecule has 0 amide bonds. The Balaban J connectivity index is 3.84. The van der Waals surface area contributed by atoms with Gasteiger partial charge in [0.15, 0.2) is 11.6 Å². The molecule has 0 radical (unpaired) electrons. The molecule has 0 aromatic rings. The molecule has 0 spiro atoms. The van der Waals surface area contributed by atoms with Crippen molar-refractivity contribution in [2.24, 2.45) is 16.6 Å². The van der Waals surface area contributed by atoms with E-state index in [4.69, 9.17) is 21.7 Å². The molecule has 0 aliphatic rings. The van der Waals surface area contributed by atoms with Crippen LogP contribution >= 0.6 is 0 Å². The number of Topliss-reactive ketones (excluding diaryl/α,β-unsaturated/α-hetero) is 2. The lowest BCUT2D eigenvalue weighted by Crippen LogP contribution is -2.31. The molecule has 1 atom stereocenters. The van der Waals surface area contributed by atoms with Crippen molar-refractivity contribution in [3.63, 3.8) is 0 Å². The van der Waals surface area contributed by atoms with Crippen LogP contribution in [0, 0.1) is 0 Å². The molecule has 0 aliphatic heterocycles. The van der Waals surface area contributed by atoms with Crippen molar-refractivity contribution in [3.05, 3.63) is 0 Å². The molecule has 0 heterocycles. The average Bonchev–Trinajstić information content (AvgIpc) is 2.15. The fourth-order valence-electron chi connectivity index (χ4n) is 0.695. The number of carbonyl (C=O) groups excluding carboxylic acids is 2. The van der Waals surface area contributed by atoms with E-state index in [1.807, 2.05) is 0 Å². The zero-order chi connectivity index (χ0) is 11.8. The highest BCUT2D eigenvalue weighted by Gasteiger charge is 2.16. The Bertz CT molecular complexity index is 262. The summed E-state index contributed by atoms with van der Waals surface area (Å²) in [6.45, 7) is -0.921. The number of aliphatic hydroxyl groups is 2. The van der Waals surface area contributed by atoms with E-state index in [2.05, 4.69) is 10.5 Å². The van der Waals surface area contributed by atoms with Crippen LogP contribution < -0.4 is 16.9 Å². The molecule has 0 aromatic heterocycles. The minimum atomic E-state index is -1.52. The monoisotopic (exact) mass is 218 g/mol. The van der Waals surface area contributed by atoms with E-state index in [-0.39, 0.29) is 12.5 Å². The highest BCUT2D eigenvalue weighted by Crippen LogP contribution is 1.92. The average molecular weight is 218 g/mol. The number of ketones is 2. The van der Waals surface area contributed by atoms with Gasteiger partial charge in [0, 0.05) is 0 Å². The Morgan fingerprint density at radius 3 is 2.47 bits per heavy atom. The second kappa shape index (κ2) is 6.74. The van der Waals surface area contributed by atoms with E-state index in [0.717, 1.165) is 0 Å². The van der Waals surface area contributed by atoms with E-state index < -0.39 is 30.7 Å². The molecular weight excluding hydrogens is 204 g/mol. The van der Waals surface area contributed by atoms with Crippen LogP contribution in [-0.4, -0.2) is 47.0 Å². The van der Waals surface area contributed by atoms with Gasteiger partial charge in [-0.3, -0.25) is 15.0 Å². The number of guanidine groups is 1. The Morgan fingerprint density at radius 1 is 1.40 bits per heavy atom. The first-order chi connectivity index (χ1) is 6.97. The van der Waals surface area contributed by atoms with Gasteiger partial charge < -0.3 is 21.7 Å². The summed E-state index contributed by atoms with van der Waals surface area (Å²) in [5.41, 5.74) is 12.2. The van der Waals surface area contributed by atoms with Gasteiger partial charge in [-0.15, -0.1) is 5.10 Å². The third-order valence-electron chi connectivity index (χ3n) is 1.40. The molecule has 86 valence electrons. The highest BCUT2D eigenvalue weighted by atomic mass is 16.3. The first-order valence-corrected chi connectivity index (χ1v) is 4.12. The quantitative estimate of drug-likeness (QED) is 0.129. The van der Waals surface area contributed by atoms with Gasteiger partial charge in [0.1, 0.15) is 6.10 Å². The van der Waals surface area contributed by atoms with Crippen LogP contribution in [0.15, 0.2) is 5.10 Å². The van der Waals surface area contributed by atoms with Crippen LogP contribution in [0.3, 0.4) is 0 Å². The SMILES string of the molecule is NC(N)=NNCC(=O)CC(=O)C(O)CO. The minimum absolute atomic E-state index is 0.220. The van der Waals surface area contributed by atoms with E-state index in [1.165, 1.54) is 0 Å². The molecule has 8 nitrogen and oxygen atoms in total. The summed E-state index contributed by atoms with van der Waals surface area (Å²) >= 11 is 0. The van der Waals surface area contributed by atoms with Crippen LogP contribution in [-0.2, 0) is 9.59 Å². The molecule has 7 N–H and O–H groups in total. The number of nitrogens with one attached hydrogen (secondary N) is 1. The van der Waals surface area contributed by atoms with Crippen molar-refractivity contribution >= 4 is 17.5 Å². The fourth-order valence-corrected chi connectivity index (χ4v) is 0.695. The highest BCUT2D eigenvalue weighted by molar-refractivity contribution is 6.01. The lowest BCUT2D eigenvalue weighted by Gasteiger charge is -2.04. The van der Waals surface area contributed by atoms with Crippen LogP contribution in [0.4, 0.5) is 0 Å². The van der Waals surface area contributed by atoms with Crippen molar-refractivity contribution < 1.29 is 19.8 Å². The standard InChI is InChI=1S/C7H14N4O4/c8-7(9)11-10-2-4(13)1-5(14)6(15)3-12/h6,10,12,15H,1-3H2,(H4,8,9,11). The van der Waals surface area contributed by atoms with Gasteiger partial charge in [0.2, 0.25) is 5.96 Å². The maximum Gasteiger partial charge on any atom is 0.208 e. The lowest BCUT2D eigenvalue weighted by molar-refractivity contribution is -0.133. The summed E-state index contributed by atoms with van der Waals surface area (Å²) in [6, 6.07) is 0. The summed E-state index contributed by atoms with van der Waals surface area (Å²) in [4.78, 5) is 22.0. The van der Waals surface area contributed by atoms with Crippen molar-refractivity contribution in [3.8, 4) is 0 Å². The van der Waals surface area contributed by atoms with E-state index in [9.17, 15) is 9.59 Å². The van der Waals surface area contributed by atoms with Crippen molar-refractivity contribution in [2.45, 2.75) is 12.5 Å². The predicted molar refractivity (Wildman–Crippen MR) is 51.5 cm³/mol. The van der Waals surface area contributed by atoms with Crippen LogP contribution in [0.1, 0.15) is 6.42 Å². The zero-order valence-electron chi connectivity index (χ0n) is 8.01. The van der Waals surface area contributed by atoms with Gasteiger partial charge in [0.05, 0.1) is 19.6 Å². The molecule has 8 heteroatoms. The predicted octanol–water partition coefficient (Wildman–Crippen LogP) is -3.35. The summed E-state index contributed by atoms with van der Waals surface area (Å²) < 4.78 is 0. The van der Waals surface area contributed by atoms with Gasteiger partial charge in [-0.1, -0.05) is 0 Å². The Morgan fingerprint density at radius 2 is 2.00 bits per heavy atom. The number of hydrogen-bond donors (Lipinski definition) is 5. The molecule has 0 aliphatic carbocycles. The second-order valence-electron chi connectivity index (χ2n) is 2.75. The number of carbonyl (C=O) groups is 2. The van der Waals surface area contributed by atoms with Crippen LogP contribution in [0.25, 0.3) is 0 Å². The normalized spacial score (nSPS) is 11.6. The number of aliphatic hydroxyl groups excluding tert-OH is 2. The number of nitrogens with zero attached hydrogens (tertiary/aromatic N) is 1. The summed E-state index contributed by atoms with van der Waals surface area (Å²) in [5.74, 6) is -1.46.